The van der Waals surface area contributed by atoms with Crippen LogP contribution in [0.3, 0.4) is 0 Å². The number of likely N-dealkylation sites (N-methyl/N-ethyl adjacent to an activating group) is 1. The summed E-state index contributed by atoms with van der Waals surface area (Å²) < 4.78 is 0. The average molecular weight is 206 g/mol. The van der Waals surface area contributed by atoms with E-state index in [4.69, 9.17) is 5.73 Å². The molecular weight excluding hydrogens is 192 g/mol. The smallest absolute Gasteiger partial charge is 0.183 e. The third kappa shape index (κ3) is 2.04. The molecule has 4 N–H and O–H groups in total. The van der Waals surface area contributed by atoms with E-state index in [9.17, 15) is 0 Å². The van der Waals surface area contributed by atoms with Crippen LogP contribution in [0.5, 0.6) is 0 Å². The van der Waals surface area contributed by atoms with Crippen molar-refractivity contribution in [2.45, 2.75) is 13.3 Å². The molecule has 0 radical (unpaired) electrons. The van der Waals surface area contributed by atoms with Crippen molar-refractivity contribution in [3.8, 4) is 0 Å². The van der Waals surface area contributed by atoms with E-state index in [-0.39, 0.29) is 0 Å². The highest BCUT2D eigenvalue weighted by Crippen LogP contribution is 2.12. The van der Waals surface area contributed by atoms with Gasteiger partial charge in [0.25, 0.3) is 0 Å². The second kappa shape index (κ2) is 4.22. The summed E-state index contributed by atoms with van der Waals surface area (Å²) in [5.74, 6) is 1.33. The lowest BCUT2D eigenvalue weighted by molar-refractivity contribution is 0.702. The number of rotatable bonds is 4. The fraction of sp³-hybridized carbons (Fsp3) is 0.444. The van der Waals surface area contributed by atoms with Gasteiger partial charge in [-0.1, -0.05) is 6.92 Å². The number of aromatic amines is 1. The standard InChI is InChI=1S/C9H14N6/c1-2-11-4-3-6-14-7-8(10)12-5-13-9(7)15-6/h5,11H,2-4H2,1H3,(H3,10,12,13,14,15). The Kier molecular flexibility index (Phi) is 2.77. The summed E-state index contributed by atoms with van der Waals surface area (Å²) in [6.45, 7) is 3.92. The van der Waals surface area contributed by atoms with Crippen LogP contribution in [0.25, 0.3) is 11.2 Å². The van der Waals surface area contributed by atoms with Gasteiger partial charge in [-0.05, 0) is 6.54 Å². The van der Waals surface area contributed by atoms with Gasteiger partial charge in [0, 0.05) is 13.0 Å². The van der Waals surface area contributed by atoms with Crippen molar-refractivity contribution in [1.82, 2.24) is 25.3 Å². The molecule has 0 spiro atoms. The zero-order chi connectivity index (χ0) is 10.7. The number of fused-ring (bicyclic) bond motifs is 1. The maximum Gasteiger partial charge on any atom is 0.183 e. The fourth-order valence-corrected chi connectivity index (χ4v) is 1.40. The highest BCUT2D eigenvalue weighted by molar-refractivity contribution is 5.80. The number of hydrogen-bond acceptors (Lipinski definition) is 5. The van der Waals surface area contributed by atoms with Gasteiger partial charge in [-0.25, -0.2) is 15.0 Å². The van der Waals surface area contributed by atoms with E-state index in [1.165, 1.54) is 6.33 Å². The second-order valence-corrected chi connectivity index (χ2v) is 3.24. The summed E-state index contributed by atoms with van der Waals surface area (Å²) in [6, 6.07) is 0. The molecule has 0 aliphatic carbocycles. The predicted octanol–water partition coefficient (Wildman–Crippen LogP) is 0.0871. The minimum Gasteiger partial charge on any atom is -0.382 e. The first-order valence-electron chi connectivity index (χ1n) is 4.97. The maximum atomic E-state index is 5.69. The molecule has 0 unspecified atom stereocenters. The fourth-order valence-electron chi connectivity index (χ4n) is 1.40. The van der Waals surface area contributed by atoms with E-state index < -0.39 is 0 Å². The highest BCUT2D eigenvalue weighted by Gasteiger charge is 2.06. The summed E-state index contributed by atoms with van der Waals surface area (Å²) in [5.41, 5.74) is 7.05. The molecule has 2 heterocycles. The minimum absolute atomic E-state index is 0.446. The molecule has 0 aliphatic heterocycles. The first-order chi connectivity index (χ1) is 7.31. The Hall–Kier alpha value is -1.69. The van der Waals surface area contributed by atoms with Crippen LogP contribution in [0, 0.1) is 0 Å². The Morgan fingerprint density at radius 2 is 2.33 bits per heavy atom. The molecule has 0 atom stereocenters. The summed E-state index contributed by atoms with van der Waals surface area (Å²) in [4.78, 5) is 15.4. The average Bonchev–Trinajstić information content (AvgIpc) is 2.63. The second-order valence-electron chi connectivity index (χ2n) is 3.24. The van der Waals surface area contributed by atoms with Gasteiger partial charge in [-0.3, -0.25) is 0 Å². The van der Waals surface area contributed by atoms with Gasteiger partial charge < -0.3 is 16.0 Å². The maximum absolute atomic E-state index is 5.69. The summed E-state index contributed by atoms with van der Waals surface area (Å²) in [5, 5.41) is 3.23. The molecule has 0 amide bonds. The summed E-state index contributed by atoms with van der Waals surface area (Å²) in [6.07, 6.45) is 2.26. The van der Waals surface area contributed by atoms with Crippen molar-refractivity contribution < 1.29 is 0 Å². The van der Waals surface area contributed by atoms with Crippen molar-refractivity contribution in [2.75, 3.05) is 18.8 Å². The molecule has 0 saturated carbocycles. The lowest BCUT2D eigenvalue weighted by Gasteiger charge is -1.96. The van der Waals surface area contributed by atoms with Gasteiger partial charge >= 0.3 is 0 Å². The largest absolute Gasteiger partial charge is 0.382 e. The van der Waals surface area contributed by atoms with Gasteiger partial charge in [0.15, 0.2) is 11.5 Å². The number of H-pyrrole nitrogens is 1. The van der Waals surface area contributed by atoms with Gasteiger partial charge in [0.2, 0.25) is 0 Å². The molecule has 2 rings (SSSR count). The van der Waals surface area contributed by atoms with Crippen molar-refractivity contribution in [3.63, 3.8) is 0 Å². The van der Waals surface area contributed by atoms with E-state index in [1.807, 2.05) is 0 Å². The molecule has 0 fully saturated rings. The van der Waals surface area contributed by atoms with Crippen LogP contribution in [-0.4, -0.2) is 33.0 Å². The quantitative estimate of drug-likeness (QED) is 0.616. The first-order valence-corrected chi connectivity index (χ1v) is 4.97. The van der Waals surface area contributed by atoms with Crippen LogP contribution in [0.2, 0.25) is 0 Å². The van der Waals surface area contributed by atoms with Crippen molar-refractivity contribution in [2.24, 2.45) is 0 Å². The zero-order valence-corrected chi connectivity index (χ0v) is 8.62. The monoisotopic (exact) mass is 206 g/mol. The number of nitrogen functional groups attached to an aromatic ring is 1. The minimum atomic E-state index is 0.446. The van der Waals surface area contributed by atoms with Crippen LogP contribution in [-0.2, 0) is 6.42 Å². The van der Waals surface area contributed by atoms with E-state index in [1.54, 1.807) is 0 Å². The van der Waals surface area contributed by atoms with Crippen LogP contribution >= 0.6 is 0 Å². The molecule has 0 aromatic carbocycles. The summed E-state index contributed by atoms with van der Waals surface area (Å²) >= 11 is 0. The molecule has 2 aromatic rings. The van der Waals surface area contributed by atoms with Crippen molar-refractivity contribution in [3.05, 3.63) is 12.2 Å². The molecule has 80 valence electrons. The van der Waals surface area contributed by atoms with Gasteiger partial charge in [-0.2, -0.15) is 0 Å². The van der Waals surface area contributed by atoms with Gasteiger partial charge in [0.05, 0.1) is 0 Å². The predicted molar refractivity (Wildman–Crippen MR) is 58.3 cm³/mol. The van der Waals surface area contributed by atoms with E-state index >= 15 is 0 Å². The number of nitrogens with zero attached hydrogens (tertiary/aromatic N) is 3. The third-order valence-corrected chi connectivity index (χ3v) is 2.16. The molecule has 0 aliphatic rings. The van der Waals surface area contributed by atoms with Crippen LogP contribution in [0.4, 0.5) is 5.82 Å². The Bertz CT molecular complexity index is 449. The number of imidazole rings is 1. The normalized spacial score (nSPS) is 11.0. The molecule has 0 saturated heterocycles. The molecular formula is C9H14N6. The lowest BCUT2D eigenvalue weighted by atomic mass is 10.4. The number of nitrogens with one attached hydrogen (secondary N) is 2. The van der Waals surface area contributed by atoms with E-state index in [0.717, 1.165) is 30.9 Å². The van der Waals surface area contributed by atoms with E-state index in [0.29, 0.717) is 11.5 Å². The van der Waals surface area contributed by atoms with Crippen LogP contribution in [0.1, 0.15) is 12.7 Å². The van der Waals surface area contributed by atoms with Crippen LogP contribution in [0.15, 0.2) is 6.33 Å². The Morgan fingerprint density at radius 3 is 3.07 bits per heavy atom. The number of anilines is 1. The molecule has 0 bridgehead atoms. The first kappa shape index (κ1) is 9.85. The zero-order valence-electron chi connectivity index (χ0n) is 8.62. The Morgan fingerprint density at radius 1 is 1.47 bits per heavy atom. The molecule has 2 aromatic heterocycles. The van der Waals surface area contributed by atoms with Gasteiger partial charge in [0.1, 0.15) is 17.7 Å². The number of hydrogen-bond donors (Lipinski definition) is 3. The van der Waals surface area contributed by atoms with E-state index in [2.05, 4.69) is 32.2 Å². The highest BCUT2D eigenvalue weighted by atomic mass is 15.0. The van der Waals surface area contributed by atoms with Crippen LogP contribution < -0.4 is 11.1 Å². The molecule has 6 nitrogen and oxygen atoms in total. The number of aromatic nitrogens is 4. The molecule has 6 heteroatoms. The summed E-state index contributed by atoms with van der Waals surface area (Å²) in [7, 11) is 0. The SMILES string of the molecule is CCNCCc1nc2ncnc(N)c2[nH]1. The van der Waals surface area contributed by atoms with Crippen molar-refractivity contribution in [1.29, 1.82) is 0 Å². The van der Waals surface area contributed by atoms with Gasteiger partial charge in [-0.15, -0.1) is 0 Å². The molecule has 15 heavy (non-hydrogen) atoms. The number of nitrogens with two attached hydrogens (primary N) is 1. The van der Waals surface area contributed by atoms with Crippen molar-refractivity contribution >= 4 is 17.0 Å². The lowest BCUT2D eigenvalue weighted by Crippen LogP contribution is -2.16. The Labute approximate surface area is 87.3 Å². The third-order valence-electron chi connectivity index (χ3n) is 2.16. The Balaban J connectivity index is 2.20. The topological polar surface area (TPSA) is 92.5 Å².